The van der Waals surface area contributed by atoms with E-state index in [0.717, 1.165) is 13.0 Å². The van der Waals surface area contributed by atoms with Crippen LogP contribution in [0.5, 0.6) is 11.6 Å². The molecular weight excluding hydrogens is 352 g/mol. The van der Waals surface area contributed by atoms with Crippen LogP contribution in [-0.4, -0.2) is 24.0 Å². The molecule has 0 saturated carbocycles. The summed E-state index contributed by atoms with van der Waals surface area (Å²) in [5.41, 5.74) is 6.08. The Morgan fingerprint density at radius 3 is 2.37 bits per heavy atom. The number of ether oxygens (including phenoxy) is 1. The third kappa shape index (κ3) is 6.60. The lowest BCUT2D eigenvalue weighted by Gasteiger charge is -2.18. The lowest BCUT2D eigenvalue weighted by atomic mass is 9.92. The minimum Gasteiger partial charge on any atom is -0.433 e. The van der Waals surface area contributed by atoms with Crippen LogP contribution in [0.2, 0.25) is 0 Å². The van der Waals surface area contributed by atoms with Crippen LogP contribution in [0.25, 0.3) is 0 Å². The molecule has 27 heavy (non-hydrogen) atoms. The highest BCUT2D eigenvalue weighted by molar-refractivity contribution is 5.92. The van der Waals surface area contributed by atoms with Crippen LogP contribution in [0.15, 0.2) is 30.5 Å². The standard InChI is InChI=1S/C20H25F2N3O2/c1-20(2,3)7-9-24-8-6-13-10-15(21)18(16(22)11-13)27-17-5-4-14(12-25-17)19(23)26/h4-5,10-12,24H,6-9H2,1-3H3,(H2,23,26). The molecule has 0 atom stereocenters. The van der Waals surface area contributed by atoms with E-state index in [0.29, 0.717) is 18.5 Å². The molecule has 146 valence electrons. The van der Waals surface area contributed by atoms with Gasteiger partial charge in [0.05, 0.1) is 5.56 Å². The smallest absolute Gasteiger partial charge is 0.250 e. The Hall–Kier alpha value is -2.54. The average Bonchev–Trinajstić information content (AvgIpc) is 2.57. The van der Waals surface area contributed by atoms with E-state index in [1.807, 2.05) is 0 Å². The zero-order chi connectivity index (χ0) is 20.0. The SMILES string of the molecule is CC(C)(C)CCNCCc1cc(F)c(Oc2ccc(C(N)=O)cn2)c(F)c1. The maximum atomic E-state index is 14.2. The van der Waals surface area contributed by atoms with Gasteiger partial charge in [-0.3, -0.25) is 4.79 Å². The molecule has 0 radical (unpaired) electrons. The van der Waals surface area contributed by atoms with Gasteiger partial charge in [0.1, 0.15) is 0 Å². The Kier molecular flexibility index (Phi) is 6.85. The highest BCUT2D eigenvalue weighted by Gasteiger charge is 2.15. The van der Waals surface area contributed by atoms with E-state index in [1.54, 1.807) is 0 Å². The largest absolute Gasteiger partial charge is 0.433 e. The quantitative estimate of drug-likeness (QED) is 0.686. The average molecular weight is 377 g/mol. The van der Waals surface area contributed by atoms with Gasteiger partial charge < -0.3 is 15.8 Å². The van der Waals surface area contributed by atoms with E-state index in [1.165, 1.54) is 30.5 Å². The summed E-state index contributed by atoms with van der Waals surface area (Å²) in [5, 5.41) is 3.27. The number of carbonyl (C=O) groups is 1. The van der Waals surface area contributed by atoms with E-state index >= 15 is 0 Å². The minimum atomic E-state index is -0.805. The van der Waals surface area contributed by atoms with Crippen LogP contribution in [0.3, 0.4) is 0 Å². The molecule has 0 bridgehead atoms. The summed E-state index contributed by atoms with van der Waals surface area (Å²) < 4.78 is 33.7. The van der Waals surface area contributed by atoms with Crippen molar-refractivity contribution in [3.63, 3.8) is 0 Å². The molecule has 1 heterocycles. The third-order valence-corrected chi connectivity index (χ3v) is 3.93. The summed E-state index contributed by atoms with van der Waals surface area (Å²) >= 11 is 0. The van der Waals surface area contributed by atoms with Crippen LogP contribution in [0, 0.1) is 17.0 Å². The Bertz CT molecular complexity index is 764. The molecule has 1 aromatic heterocycles. The number of nitrogens with one attached hydrogen (secondary N) is 1. The number of benzene rings is 1. The lowest BCUT2D eigenvalue weighted by Crippen LogP contribution is -2.22. The van der Waals surface area contributed by atoms with Gasteiger partial charge in [-0.2, -0.15) is 0 Å². The minimum absolute atomic E-state index is 0.0330. The number of nitrogens with two attached hydrogens (primary N) is 1. The zero-order valence-corrected chi connectivity index (χ0v) is 15.8. The zero-order valence-electron chi connectivity index (χ0n) is 15.8. The van der Waals surface area contributed by atoms with E-state index in [2.05, 4.69) is 31.1 Å². The first kappa shape index (κ1) is 20.8. The van der Waals surface area contributed by atoms with Gasteiger partial charge in [0.15, 0.2) is 11.6 Å². The molecule has 5 nitrogen and oxygen atoms in total. The number of nitrogens with zero attached hydrogens (tertiary/aromatic N) is 1. The van der Waals surface area contributed by atoms with Gasteiger partial charge in [-0.1, -0.05) is 20.8 Å². The van der Waals surface area contributed by atoms with Crippen molar-refractivity contribution in [1.82, 2.24) is 10.3 Å². The van der Waals surface area contributed by atoms with Crippen LogP contribution in [0.4, 0.5) is 8.78 Å². The molecule has 0 aliphatic rings. The summed E-state index contributed by atoms with van der Waals surface area (Å²) in [6, 6.07) is 5.20. The second-order valence-corrected chi connectivity index (χ2v) is 7.55. The number of halogens is 2. The Morgan fingerprint density at radius 2 is 1.85 bits per heavy atom. The van der Waals surface area contributed by atoms with Crippen LogP contribution >= 0.6 is 0 Å². The van der Waals surface area contributed by atoms with Crippen molar-refractivity contribution in [2.24, 2.45) is 11.1 Å². The van der Waals surface area contributed by atoms with Gasteiger partial charge in [-0.15, -0.1) is 0 Å². The first-order valence-electron chi connectivity index (χ1n) is 8.78. The number of pyridine rings is 1. The maximum absolute atomic E-state index is 14.2. The fourth-order valence-electron chi connectivity index (χ4n) is 2.37. The number of amides is 1. The van der Waals surface area contributed by atoms with Crippen molar-refractivity contribution < 1.29 is 18.3 Å². The summed E-state index contributed by atoms with van der Waals surface area (Å²) in [4.78, 5) is 14.8. The van der Waals surface area contributed by atoms with Gasteiger partial charge in [-0.25, -0.2) is 13.8 Å². The first-order valence-corrected chi connectivity index (χ1v) is 8.78. The molecule has 2 aromatic rings. The topological polar surface area (TPSA) is 77.2 Å². The molecule has 1 amide bonds. The second kappa shape index (κ2) is 8.90. The van der Waals surface area contributed by atoms with Gasteiger partial charge >= 0.3 is 0 Å². The monoisotopic (exact) mass is 377 g/mol. The molecular formula is C20H25F2N3O2. The van der Waals surface area contributed by atoms with Crippen molar-refractivity contribution in [2.45, 2.75) is 33.6 Å². The fourth-order valence-corrected chi connectivity index (χ4v) is 2.37. The normalized spacial score (nSPS) is 11.4. The molecule has 0 spiro atoms. The number of hydrogen-bond donors (Lipinski definition) is 2. The first-order chi connectivity index (χ1) is 12.7. The third-order valence-electron chi connectivity index (χ3n) is 3.93. The van der Waals surface area contributed by atoms with Crippen molar-refractivity contribution >= 4 is 5.91 Å². The van der Waals surface area contributed by atoms with E-state index < -0.39 is 23.3 Å². The van der Waals surface area contributed by atoms with E-state index in [-0.39, 0.29) is 16.9 Å². The van der Waals surface area contributed by atoms with Gasteiger partial charge in [-0.05, 0) is 55.1 Å². The molecule has 7 heteroatoms. The molecule has 0 aliphatic heterocycles. The molecule has 0 aliphatic carbocycles. The number of aromatic nitrogens is 1. The number of hydrogen-bond acceptors (Lipinski definition) is 4. The molecule has 2 rings (SSSR count). The van der Waals surface area contributed by atoms with Crippen molar-refractivity contribution in [1.29, 1.82) is 0 Å². The highest BCUT2D eigenvalue weighted by Crippen LogP contribution is 2.28. The lowest BCUT2D eigenvalue weighted by molar-refractivity contribution is 0.1000. The maximum Gasteiger partial charge on any atom is 0.250 e. The molecule has 0 saturated heterocycles. The van der Waals surface area contributed by atoms with Gasteiger partial charge in [0.25, 0.3) is 0 Å². The Morgan fingerprint density at radius 1 is 1.19 bits per heavy atom. The van der Waals surface area contributed by atoms with Crippen LogP contribution in [-0.2, 0) is 6.42 Å². The fraction of sp³-hybridized carbons (Fsp3) is 0.400. The van der Waals surface area contributed by atoms with Crippen molar-refractivity contribution in [3.05, 3.63) is 53.2 Å². The predicted octanol–water partition coefficient (Wildman–Crippen LogP) is 3.82. The number of primary amides is 1. The van der Waals surface area contributed by atoms with Gasteiger partial charge in [0, 0.05) is 12.3 Å². The van der Waals surface area contributed by atoms with E-state index in [9.17, 15) is 13.6 Å². The highest BCUT2D eigenvalue weighted by atomic mass is 19.1. The second-order valence-electron chi connectivity index (χ2n) is 7.55. The number of carbonyl (C=O) groups excluding carboxylic acids is 1. The summed E-state index contributed by atoms with van der Waals surface area (Å²) in [6.07, 6.45) is 2.71. The Balaban J connectivity index is 1.96. The summed E-state index contributed by atoms with van der Waals surface area (Å²) in [6.45, 7) is 7.96. The number of rotatable bonds is 8. The van der Waals surface area contributed by atoms with Gasteiger partial charge in [0.2, 0.25) is 17.5 Å². The van der Waals surface area contributed by atoms with Crippen molar-refractivity contribution in [3.8, 4) is 11.6 Å². The molecule has 3 N–H and O–H groups in total. The molecule has 0 fully saturated rings. The summed E-state index contributed by atoms with van der Waals surface area (Å²) in [7, 11) is 0. The van der Waals surface area contributed by atoms with Crippen LogP contribution in [0.1, 0.15) is 43.1 Å². The summed E-state index contributed by atoms with van der Waals surface area (Å²) in [5.74, 6) is -2.82. The molecule has 0 unspecified atom stereocenters. The molecule has 1 aromatic carbocycles. The Labute approximate surface area is 157 Å². The van der Waals surface area contributed by atoms with E-state index in [4.69, 9.17) is 10.5 Å². The predicted molar refractivity (Wildman–Crippen MR) is 99.8 cm³/mol. The van der Waals surface area contributed by atoms with Crippen LogP contribution < -0.4 is 15.8 Å². The van der Waals surface area contributed by atoms with Crippen molar-refractivity contribution in [2.75, 3.05) is 13.1 Å².